The van der Waals surface area contributed by atoms with E-state index in [9.17, 15) is 4.79 Å². The van der Waals surface area contributed by atoms with E-state index in [-0.39, 0.29) is 5.91 Å². The van der Waals surface area contributed by atoms with Gasteiger partial charge in [0, 0.05) is 30.1 Å². The molecule has 0 aliphatic carbocycles. The summed E-state index contributed by atoms with van der Waals surface area (Å²) < 4.78 is 1.78. The molecule has 0 radical (unpaired) electrons. The van der Waals surface area contributed by atoms with Crippen LogP contribution in [0.4, 0.5) is 5.13 Å². The van der Waals surface area contributed by atoms with Crippen molar-refractivity contribution in [3.05, 3.63) is 58.4 Å². The number of benzene rings is 1. The van der Waals surface area contributed by atoms with E-state index in [1.807, 2.05) is 37.3 Å². The first-order valence-corrected chi connectivity index (χ1v) is 9.60. The van der Waals surface area contributed by atoms with Gasteiger partial charge in [-0.2, -0.15) is 5.10 Å². The summed E-state index contributed by atoms with van der Waals surface area (Å²) in [6.45, 7) is 7.09. The molecular weight excluding hydrogens is 346 g/mol. The molecule has 1 aromatic carbocycles. The Morgan fingerprint density at radius 3 is 2.88 bits per heavy atom. The number of nitrogens with zero attached hydrogens (tertiary/aromatic N) is 4. The van der Waals surface area contributed by atoms with Gasteiger partial charge in [-0.15, -0.1) is 11.3 Å². The summed E-state index contributed by atoms with van der Waals surface area (Å²) in [5, 5.41) is 8.03. The van der Waals surface area contributed by atoms with Crippen molar-refractivity contribution in [3.63, 3.8) is 0 Å². The molecule has 0 unspecified atom stereocenters. The number of thiazole rings is 1. The first-order chi connectivity index (χ1) is 12.6. The van der Waals surface area contributed by atoms with Crippen molar-refractivity contribution >= 4 is 22.4 Å². The van der Waals surface area contributed by atoms with Crippen LogP contribution in [0.3, 0.4) is 0 Å². The van der Waals surface area contributed by atoms with E-state index in [1.165, 1.54) is 4.88 Å². The van der Waals surface area contributed by atoms with Gasteiger partial charge in [0.05, 0.1) is 11.4 Å². The topological polar surface area (TPSA) is 63.1 Å². The third-order valence-corrected chi connectivity index (χ3v) is 5.60. The number of nitrogens with one attached hydrogen (secondary N) is 1. The summed E-state index contributed by atoms with van der Waals surface area (Å²) in [4.78, 5) is 20.8. The van der Waals surface area contributed by atoms with Crippen LogP contribution in [0.2, 0.25) is 0 Å². The molecule has 3 aromatic rings. The lowest BCUT2D eigenvalue weighted by molar-refractivity contribution is 0.102. The second-order valence-electron chi connectivity index (χ2n) is 6.38. The molecular formula is C19H21N5OS. The van der Waals surface area contributed by atoms with Crippen LogP contribution in [0.1, 0.15) is 33.7 Å². The summed E-state index contributed by atoms with van der Waals surface area (Å²) >= 11 is 1.57. The molecule has 1 N–H and O–H groups in total. The number of hydrogen-bond donors (Lipinski definition) is 1. The number of para-hydroxylation sites is 1. The van der Waals surface area contributed by atoms with Crippen LogP contribution < -0.4 is 5.32 Å². The second-order valence-corrected chi connectivity index (χ2v) is 7.46. The van der Waals surface area contributed by atoms with Crippen molar-refractivity contribution in [1.29, 1.82) is 0 Å². The number of fused-ring (bicyclic) bond motifs is 1. The molecule has 1 aliphatic rings. The van der Waals surface area contributed by atoms with Gasteiger partial charge in [0.2, 0.25) is 0 Å². The van der Waals surface area contributed by atoms with Crippen LogP contribution in [-0.2, 0) is 13.0 Å². The molecule has 3 heterocycles. The Kier molecular flexibility index (Phi) is 4.57. The van der Waals surface area contributed by atoms with Crippen LogP contribution >= 0.6 is 11.3 Å². The molecule has 4 rings (SSSR count). The highest BCUT2D eigenvalue weighted by Crippen LogP contribution is 2.28. The minimum Gasteiger partial charge on any atom is -0.298 e. The molecule has 0 fully saturated rings. The van der Waals surface area contributed by atoms with Crippen molar-refractivity contribution < 1.29 is 4.79 Å². The quantitative estimate of drug-likeness (QED) is 0.769. The van der Waals surface area contributed by atoms with Crippen molar-refractivity contribution in [3.8, 4) is 5.69 Å². The van der Waals surface area contributed by atoms with E-state index in [2.05, 4.69) is 27.2 Å². The maximum absolute atomic E-state index is 12.6. The van der Waals surface area contributed by atoms with Crippen LogP contribution in [0.25, 0.3) is 5.69 Å². The largest absolute Gasteiger partial charge is 0.298 e. The number of likely N-dealkylation sites (N-methyl/N-ethyl adjacent to an activating group) is 1. The molecule has 7 heteroatoms. The lowest BCUT2D eigenvalue weighted by Gasteiger charge is -2.23. The summed E-state index contributed by atoms with van der Waals surface area (Å²) in [7, 11) is 0. The molecule has 26 heavy (non-hydrogen) atoms. The maximum Gasteiger partial charge on any atom is 0.277 e. The lowest BCUT2D eigenvalue weighted by Crippen LogP contribution is -2.29. The smallest absolute Gasteiger partial charge is 0.277 e. The highest BCUT2D eigenvalue weighted by atomic mass is 32.1. The number of aryl methyl sites for hydroxylation is 1. The van der Waals surface area contributed by atoms with Crippen molar-refractivity contribution in [2.75, 3.05) is 18.4 Å². The van der Waals surface area contributed by atoms with Gasteiger partial charge in [0.25, 0.3) is 5.91 Å². The molecule has 0 atom stereocenters. The summed E-state index contributed by atoms with van der Waals surface area (Å²) in [6, 6.07) is 11.6. The van der Waals surface area contributed by atoms with E-state index in [1.54, 1.807) is 22.1 Å². The Morgan fingerprint density at radius 1 is 1.31 bits per heavy atom. The average molecular weight is 367 g/mol. The van der Waals surface area contributed by atoms with E-state index < -0.39 is 0 Å². The number of rotatable bonds is 4. The maximum atomic E-state index is 12.6. The van der Waals surface area contributed by atoms with Crippen LogP contribution in [0.5, 0.6) is 0 Å². The van der Waals surface area contributed by atoms with Crippen molar-refractivity contribution in [1.82, 2.24) is 19.7 Å². The SMILES string of the molecule is CCN1CCc2nc(NC(=O)c3cc(C)n(-c4ccccc4)n3)sc2C1. The van der Waals surface area contributed by atoms with Gasteiger partial charge in [-0.05, 0) is 31.7 Å². The molecule has 134 valence electrons. The average Bonchev–Trinajstić information content (AvgIpc) is 3.24. The molecule has 0 spiro atoms. The first-order valence-electron chi connectivity index (χ1n) is 8.78. The fraction of sp³-hybridized carbons (Fsp3) is 0.316. The van der Waals surface area contributed by atoms with Gasteiger partial charge in [-0.1, -0.05) is 25.1 Å². The number of aromatic nitrogens is 3. The van der Waals surface area contributed by atoms with Gasteiger partial charge in [-0.3, -0.25) is 15.0 Å². The Balaban J connectivity index is 1.52. The van der Waals surface area contributed by atoms with Crippen LogP contribution in [-0.4, -0.2) is 38.7 Å². The number of anilines is 1. The molecule has 6 nitrogen and oxygen atoms in total. The molecule has 0 saturated carbocycles. The standard InChI is InChI=1S/C19H21N5OS/c1-3-23-10-9-15-17(12-23)26-19(20-15)21-18(25)16-11-13(2)24(22-16)14-7-5-4-6-8-14/h4-8,11H,3,9-10,12H2,1-2H3,(H,20,21,25). The molecule has 0 bridgehead atoms. The molecule has 2 aromatic heterocycles. The summed E-state index contributed by atoms with van der Waals surface area (Å²) in [5.74, 6) is -0.221. The number of carbonyl (C=O) groups is 1. The summed E-state index contributed by atoms with van der Waals surface area (Å²) in [5.41, 5.74) is 3.36. The van der Waals surface area contributed by atoms with Crippen LogP contribution in [0, 0.1) is 6.92 Å². The van der Waals surface area contributed by atoms with Gasteiger partial charge in [0.1, 0.15) is 0 Å². The third kappa shape index (κ3) is 3.27. The minimum absolute atomic E-state index is 0.221. The Bertz CT molecular complexity index is 931. The number of hydrogen-bond acceptors (Lipinski definition) is 5. The van der Waals surface area contributed by atoms with Crippen molar-refractivity contribution in [2.24, 2.45) is 0 Å². The fourth-order valence-corrected chi connectivity index (χ4v) is 4.19. The first kappa shape index (κ1) is 16.9. The normalized spacial score (nSPS) is 14.2. The predicted molar refractivity (Wildman–Crippen MR) is 103 cm³/mol. The Hall–Kier alpha value is -2.51. The third-order valence-electron chi connectivity index (χ3n) is 4.60. The number of carbonyl (C=O) groups excluding carboxylic acids is 1. The monoisotopic (exact) mass is 367 g/mol. The molecule has 0 saturated heterocycles. The van der Waals surface area contributed by atoms with E-state index >= 15 is 0 Å². The summed E-state index contributed by atoms with van der Waals surface area (Å²) in [6.07, 6.45) is 0.942. The predicted octanol–water partition coefficient (Wildman–Crippen LogP) is 3.27. The zero-order valence-electron chi connectivity index (χ0n) is 14.9. The second kappa shape index (κ2) is 7.01. The highest BCUT2D eigenvalue weighted by Gasteiger charge is 2.21. The molecule has 1 amide bonds. The Morgan fingerprint density at radius 2 is 2.12 bits per heavy atom. The zero-order valence-corrected chi connectivity index (χ0v) is 15.7. The highest BCUT2D eigenvalue weighted by molar-refractivity contribution is 7.15. The lowest BCUT2D eigenvalue weighted by atomic mass is 10.2. The van der Waals surface area contributed by atoms with Gasteiger partial charge >= 0.3 is 0 Å². The fourth-order valence-electron chi connectivity index (χ4n) is 3.15. The zero-order chi connectivity index (χ0) is 18.1. The number of amides is 1. The van der Waals surface area contributed by atoms with Crippen LogP contribution in [0.15, 0.2) is 36.4 Å². The van der Waals surface area contributed by atoms with Gasteiger partial charge in [-0.25, -0.2) is 9.67 Å². The van der Waals surface area contributed by atoms with E-state index in [0.29, 0.717) is 10.8 Å². The van der Waals surface area contributed by atoms with E-state index in [4.69, 9.17) is 0 Å². The Labute approximate surface area is 156 Å². The van der Waals surface area contributed by atoms with E-state index in [0.717, 1.165) is 43.1 Å². The van der Waals surface area contributed by atoms with Gasteiger partial charge in [0.15, 0.2) is 10.8 Å². The molecule has 1 aliphatic heterocycles. The van der Waals surface area contributed by atoms with Crippen molar-refractivity contribution in [2.45, 2.75) is 26.8 Å². The van der Waals surface area contributed by atoms with Gasteiger partial charge < -0.3 is 0 Å². The minimum atomic E-state index is -0.221.